The van der Waals surface area contributed by atoms with Gasteiger partial charge in [-0.05, 0) is 74.7 Å². The number of rotatable bonds is 9. The van der Waals surface area contributed by atoms with Gasteiger partial charge in [-0.1, -0.05) is 11.8 Å². The zero-order valence-electron chi connectivity index (χ0n) is 20.2. The van der Waals surface area contributed by atoms with Crippen LogP contribution in [0.3, 0.4) is 0 Å². The number of amidine groups is 1. The summed E-state index contributed by atoms with van der Waals surface area (Å²) in [5, 5.41) is 10.6. The second-order valence-corrected chi connectivity index (χ2v) is 8.29. The Kier molecular flexibility index (Phi) is 9.27. The van der Waals surface area contributed by atoms with E-state index in [4.69, 9.17) is 20.6 Å². The van der Waals surface area contributed by atoms with Crippen LogP contribution in [0.15, 0.2) is 42.5 Å². The van der Waals surface area contributed by atoms with Crippen molar-refractivity contribution < 1.29 is 19.1 Å². The van der Waals surface area contributed by atoms with Gasteiger partial charge in [-0.15, -0.1) is 0 Å². The lowest BCUT2D eigenvalue weighted by molar-refractivity contribution is -0.148. The minimum Gasteiger partial charge on any atom is -0.464 e. The minimum absolute atomic E-state index is 0.0279. The zero-order valence-corrected chi connectivity index (χ0v) is 20.2. The number of esters is 1. The van der Waals surface area contributed by atoms with Crippen LogP contribution in [-0.4, -0.2) is 61.6 Å². The Morgan fingerprint density at radius 3 is 2.69 bits per heavy atom. The third kappa shape index (κ3) is 7.33. The van der Waals surface area contributed by atoms with Crippen molar-refractivity contribution in [2.45, 2.75) is 32.7 Å². The van der Waals surface area contributed by atoms with Crippen LogP contribution in [-0.2, 0) is 14.3 Å². The molecule has 1 aliphatic heterocycles. The summed E-state index contributed by atoms with van der Waals surface area (Å²) in [7, 11) is 0. The van der Waals surface area contributed by atoms with Crippen molar-refractivity contribution >= 4 is 23.4 Å². The van der Waals surface area contributed by atoms with Gasteiger partial charge in [0, 0.05) is 28.9 Å². The van der Waals surface area contributed by atoms with Gasteiger partial charge in [0.1, 0.15) is 12.4 Å². The molecule has 1 heterocycles. The standard InChI is InChI=1S/C27H32N4O4/c1-3-35-25(32)18-34-17-23-7-5-15-31(23)27(33)24-13-8-20(16-19(24)2)6-4-14-30-22-11-9-21(10-12-22)26(28)29/h8-13,16,23,30H,3,5,7,14-15,17-18H2,1-2H3,(H3,28,29). The number of carbonyl (C=O) groups is 2. The van der Waals surface area contributed by atoms with Crippen LogP contribution in [0.4, 0.5) is 5.69 Å². The summed E-state index contributed by atoms with van der Waals surface area (Å²) in [5.74, 6) is 5.83. The first-order valence-electron chi connectivity index (χ1n) is 11.7. The molecule has 0 bridgehead atoms. The molecule has 3 rings (SSSR count). The number of nitrogens with two attached hydrogens (primary N) is 1. The number of likely N-dealkylation sites (tertiary alicyclic amines) is 1. The van der Waals surface area contributed by atoms with Gasteiger partial charge in [-0.2, -0.15) is 0 Å². The molecule has 0 spiro atoms. The molecule has 0 radical (unpaired) electrons. The maximum Gasteiger partial charge on any atom is 0.332 e. The van der Waals surface area contributed by atoms with Gasteiger partial charge in [0.15, 0.2) is 0 Å². The number of nitrogens with one attached hydrogen (secondary N) is 2. The number of nitrogens with zero attached hydrogens (tertiary/aromatic N) is 1. The highest BCUT2D eigenvalue weighted by Gasteiger charge is 2.30. The van der Waals surface area contributed by atoms with E-state index in [9.17, 15) is 9.59 Å². The Balaban J connectivity index is 1.55. The number of carbonyl (C=O) groups excluding carboxylic acids is 2. The summed E-state index contributed by atoms with van der Waals surface area (Å²) >= 11 is 0. The molecular formula is C27H32N4O4. The monoisotopic (exact) mass is 476 g/mol. The molecule has 8 heteroatoms. The average Bonchev–Trinajstić information content (AvgIpc) is 3.30. The molecule has 1 unspecified atom stereocenters. The maximum atomic E-state index is 13.2. The van der Waals surface area contributed by atoms with E-state index in [1.807, 2.05) is 42.2 Å². The summed E-state index contributed by atoms with van der Waals surface area (Å²) in [6, 6.07) is 12.8. The van der Waals surface area contributed by atoms with Gasteiger partial charge >= 0.3 is 5.97 Å². The van der Waals surface area contributed by atoms with Crippen molar-refractivity contribution in [3.8, 4) is 11.8 Å². The lowest BCUT2D eigenvalue weighted by Crippen LogP contribution is -2.39. The van der Waals surface area contributed by atoms with Crippen molar-refractivity contribution in [1.82, 2.24) is 4.90 Å². The topological polar surface area (TPSA) is 118 Å². The van der Waals surface area contributed by atoms with Crippen LogP contribution in [0.25, 0.3) is 0 Å². The molecule has 2 aromatic carbocycles. The van der Waals surface area contributed by atoms with Gasteiger partial charge in [0.05, 0.1) is 25.8 Å². The normalized spacial score (nSPS) is 14.7. The number of nitrogen functional groups attached to an aromatic ring is 1. The van der Waals surface area contributed by atoms with Crippen molar-refractivity contribution in [3.63, 3.8) is 0 Å². The smallest absolute Gasteiger partial charge is 0.332 e. The summed E-state index contributed by atoms with van der Waals surface area (Å²) < 4.78 is 10.4. The lowest BCUT2D eigenvalue weighted by atomic mass is 10.0. The molecule has 184 valence electrons. The molecule has 2 aromatic rings. The number of aryl methyl sites for hydroxylation is 1. The molecule has 0 aromatic heterocycles. The van der Waals surface area contributed by atoms with Gasteiger partial charge in [-0.25, -0.2) is 4.79 Å². The number of hydrogen-bond donors (Lipinski definition) is 3. The highest BCUT2D eigenvalue weighted by Crippen LogP contribution is 2.22. The predicted octanol–water partition coefficient (Wildman–Crippen LogP) is 2.93. The largest absolute Gasteiger partial charge is 0.464 e. The number of benzene rings is 2. The van der Waals surface area contributed by atoms with E-state index in [-0.39, 0.29) is 24.4 Å². The van der Waals surface area contributed by atoms with E-state index in [2.05, 4.69) is 17.2 Å². The maximum absolute atomic E-state index is 13.2. The van der Waals surface area contributed by atoms with E-state index in [1.54, 1.807) is 19.1 Å². The molecule has 1 fully saturated rings. The molecule has 1 atom stereocenters. The summed E-state index contributed by atoms with van der Waals surface area (Å²) in [5.41, 5.74) is 9.40. The highest BCUT2D eigenvalue weighted by molar-refractivity contribution is 5.96. The molecule has 35 heavy (non-hydrogen) atoms. The Labute approximate surface area is 206 Å². The van der Waals surface area contributed by atoms with Crippen LogP contribution in [0.1, 0.15) is 46.8 Å². The second kappa shape index (κ2) is 12.6. The molecular weight excluding hydrogens is 444 g/mol. The van der Waals surface area contributed by atoms with E-state index >= 15 is 0 Å². The second-order valence-electron chi connectivity index (χ2n) is 8.29. The fourth-order valence-electron chi connectivity index (χ4n) is 3.95. The first-order chi connectivity index (χ1) is 16.9. The molecule has 1 aliphatic rings. The molecule has 0 saturated carbocycles. The number of hydrogen-bond acceptors (Lipinski definition) is 6. The SMILES string of the molecule is CCOC(=O)COCC1CCCN1C(=O)c1ccc(C#CCNc2ccc(C(=N)N)cc2)cc1C. The lowest BCUT2D eigenvalue weighted by Gasteiger charge is -2.25. The van der Waals surface area contributed by atoms with E-state index < -0.39 is 5.97 Å². The first kappa shape index (κ1) is 25.8. The van der Waals surface area contributed by atoms with Crippen molar-refractivity contribution in [1.29, 1.82) is 5.41 Å². The number of anilines is 1. The van der Waals surface area contributed by atoms with Crippen LogP contribution in [0.2, 0.25) is 0 Å². The Morgan fingerprint density at radius 1 is 1.23 bits per heavy atom. The fraction of sp³-hybridized carbons (Fsp3) is 0.370. The molecule has 8 nitrogen and oxygen atoms in total. The third-order valence-electron chi connectivity index (χ3n) is 5.74. The Morgan fingerprint density at radius 2 is 2.00 bits per heavy atom. The molecule has 0 aliphatic carbocycles. The van der Waals surface area contributed by atoms with Gasteiger partial charge in [0.25, 0.3) is 5.91 Å². The van der Waals surface area contributed by atoms with Crippen LogP contribution in [0.5, 0.6) is 0 Å². The zero-order chi connectivity index (χ0) is 25.2. The minimum atomic E-state index is -0.392. The quantitative estimate of drug-likeness (QED) is 0.222. The molecule has 1 amide bonds. The van der Waals surface area contributed by atoms with E-state index in [0.717, 1.165) is 29.7 Å². The summed E-state index contributed by atoms with van der Waals surface area (Å²) in [6.45, 7) is 5.34. The average molecular weight is 477 g/mol. The van der Waals surface area contributed by atoms with Crippen LogP contribution in [0, 0.1) is 24.2 Å². The predicted molar refractivity (Wildman–Crippen MR) is 136 cm³/mol. The number of amides is 1. The van der Waals surface area contributed by atoms with E-state index in [1.165, 1.54) is 0 Å². The first-order valence-corrected chi connectivity index (χ1v) is 11.7. The van der Waals surface area contributed by atoms with Crippen LogP contribution < -0.4 is 11.1 Å². The number of ether oxygens (including phenoxy) is 2. The van der Waals surface area contributed by atoms with E-state index in [0.29, 0.717) is 37.4 Å². The fourth-order valence-corrected chi connectivity index (χ4v) is 3.95. The molecule has 1 saturated heterocycles. The van der Waals surface area contributed by atoms with Crippen molar-refractivity contribution in [2.75, 3.05) is 38.2 Å². The Bertz CT molecular complexity index is 1120. The van der Waals surface area contributed by atoms with Gasteiger partial charge in [-0.3, -0.25) is 10.2 Å². The van der Waals surface area contributed by atoms with Crippen molar-refractivity contribution in [3.05, 3.63) is 64.7 Å². The highest BCUT2D eigenvalue weighted by atomic mass is 16.6. The van der Waals surface area contributed by atoms with Crippen LogP contribution >= 0.6 is 0 Å². The van der Waals surface area contributed by atoms with Crippen molar-refractivity contribution in [2.24, 2.45) is 5.73 Å². The Hall–Kier alpha value is -3.83. The summed E-state index contributed by atoms with van der Waals surface area (Å²) in [4.78, 5) is 26.5. The summed E-state index contributed by atoms with van der Waals surface area (Å²) in [6.07, 6.45) is 1.76. The third-order valence-corrected chi connectivity index (χ3v) is 5.74. The molecule has 4 N–H and O–H groups in total. The van der Waals surface area contributed by atoms with Gasteiger partial charge < -0.3 is 25.4 Å². The van der Waals surface area contributed by atoms with Gasteiger partial charge in [0.2, 0.25) is 0 Å².